The number of rotatable bonds is 6. The van der Waals surface area contributed by atoms with E-state index in [2.05, 4.69) is 19.2 Å². The summed E-state index contributed by atoms with van der Waals surface area (Å²) in [7, 11) is -3.39. The fourth-order valence-electron chi connectivity index (χ4n) is 4.36. The Morgan fingerprint density at radius 2 is 1.79 bits per heavy atom. The van der Waals surface area contributed by atoms with Gasteiger partial charge in [-0.15, -0.1) is 0 Å². The van der Waals surface area contributed by atoms with Crippen molar-refractivity contribution in [1.82, 2.24) is 10.2 Å². The number of urea groups is 1. The van der Waals surface area contributed by atoms with Crippen LogP contribution in [0.25, 0.3) is 0 Å². The van der Waals surface area contributed by atoms with E-state index < -0.39 is 33.3 Å². The van der Waals surface area contributed by atoms with E-state index in [1.54, 1.807) is 19.1 Å². The van der Waals surface area contributed by atoms with Crippen molar-refractivity contribution < 1.29 is 22.8 Å². The molecule has 0 bridgehead atoms. The number of anilines is 1. The van der Waals surface area contributed by atoms with Gasteiger partial charge in [0.2, 0.25) is 10.0 Å². The minimum absolute atomic E-state index is 0.326. The summed E-state index contributed by atoms with van der Waals surface area (Å²) in [5, 5.41) is 2.73. The largest absolute Gasteiger partial charge is 0.325 e. The molecule has 2 aromatic rings. The molecule has 1 fully saturated rings. The molecule has 0 radical (unpaired) electrons. The number of ketones is 1. The topological polar surface area (TPSA) is 104 Å². The molecule has 0 aromatic heterocycles. The van der Waals surface area contributed by atoms with Gasteiger partial charge in [0, 0.05) is 12.1 Å². The Balaban J connectivity index is 1.53. The van der Waals surface area contributed by atoms with Crippen LogP contribution in [0.2, 0.25) is 0 Å². The van der Waals surface area contributed by atoms with Crippen molar-refractivity contribution in [2.45, 2.75) is 38.6 Å². The van der Waals surface area contributed by atoms with E-state index in [0.29, 0.717) is 35.7 Å². The van der Waals surface area contributed by atoms with Crippen molar-refractivity contribution in [2.24, 2.45) is 0 Å². The normalized spacial score (nSPS) is 20.4. The van der Waals surface area contributed by atoms with Gasteiger partial charge in [-0.25, -0.2) is 13.2 Å². The highest BCUT2D eigenvalue weighted by atomic mass is 32.2. The van der Waals surface area contributed by atoms with Crippen molar-refractivity contribution >= 4 is 33.4 Å². The van der Waals surface area contributed by atoms with E-state index in [4.69, 9.17) is 0 Å². The lowest BCUT2D eigenvalue weighted by Crippen LogP contribution is -2.41. The minimum atomic E-state index is -3.39. The Morgan fingerprint density at radius 1 is 1.12 bits per heavy atom. The molecule has 0 saturated carbocycles. The molecular formula is C24H27N3O5S. The molecule has 9 heteroatoms. The maximum atomic E-state index is 13.2. The van der Waals surface area contributed by atoms with Crippen LogP contribution in [0, 0.1) is 0 Å². The van der Waals surface area contributed by atoms with E-state index in [9.17, 15) is 22.8 Å². The van der Waals surface area contributed by atoms with E-state index in [-0.39, 0.29) is 6.54 Å². The lowest BCUT2D eigenvalue weighted by molar-refractivity contribution is -0.130. The van der Waals surface area contributed by atoms with E-state index in [1.807, 2.05) is 24.3 Å². The molecule has 3 amide bonds. The third kappa shape index (κ3) is 4.01. The number of Topliss-reactive ketones (excluding diaryl/α,β-unsaturated/α-hetero) is 1. The smallest absolute Gasteiger partial charge is 0.319 e. The van der Waals surface area contributed by atoms with Crippen LogP contribution < -0.4 is 9.62 Å². The van der Waals surface area contributed by atoms with Crippen molar-refractivity contribution in [1.29, 1.82) is 0 Å². The number of hydrogen-bond donors (Lipinski definition) is 1. The van der Waals surface area contributed by atoms with Crippen LogP contribution in [0.5, 0.6) is 0 Å². The monoisotopic (exact) mass is 469 g/mol. The maximum absolute atomic E-state index is 13.2. The average Bonchev–Trinajstić information content (AvgIpc) is 3.28. The van der Waals surface area contributed by atoms with E-state index in [0.717, 1.165) is 22.3 Å². The molecule has 0 unspecified atom stereocenters. The Labute approximate surface area is 193 Å². The van der Waals surface area contributed by atoms with Crippen molar-refractivity contribution in [2.75, 3.05) is 23.7 Å². The minimum Gasteiger partial charge on any atom is -0.319 e. The van der Waals surface area contributed by atoms with Gasteiger partial charge in [-0.2, -0.15) is 0 Å². The van der Waals surface area contributed by atoms with Crippen molar-refractivity contribution in [3.8, 4) is 0 Å². The number of amides is 3. The van der Waals surface area contributed by atoms with Gasteiger partial charge < -0.3 is 5.32 Å². The second kappa shape index (κ2) is 7.98. The number of sulfonamides is 1. The fraction of sp³-hybridized carbons (Fsp3) is 0.375. The number of benzene rings is 2. The van der Waals surface area contributed by atoms with Crippen LogP contribution in [0.4, 0.5) is 10.5 Å². The molecule has 4 rings (SSSR count). The fourth-order valence-corrected chi connectivity index (χ4v) is 5.32. The van der Waals surface area contributed by atoms with Crippen LogP contribution in [-0.4, -0.2) is 50.4 Å². The lowest BCUT2D eigenvalue weighted by Gasteiger charge is -2.22. The molecule has 2 heterocycles. The number of fused-ring (bicyclic) bond motifs is 1. The number of hydrogen-bond acceptors (Lipinski definition) is 5. The summed E-state index contributed by atoms with van der Waals surface area (Å²) in [4.78, 5) is 39.7. The second-order valence-electron chi connectivity index (χ2n) is 9.07. The first-order valence-corrected chi connectivity index (χ1v) is 12.6. The molecule has 2 aliphatic rings. The Kier molecular flexibility index (Phi) is 5.56. The van der Waals surface area contributed by atoms with Gasteiger partial charge in [0.1, 0.15) is 5.54 Å². The van der Waals surface area contributed by atoms with Gasteiger partial charge in [0.05, 0.1) is 18.5 Å². The Bertz CT molecular complexity index is 1250. The summed E-state index contributed by atoms with van der Waals surface area (Å²) in [6.45, 7) is 5.72. The van der Waals surface area contributed by atoms with E-state index >= 15 is 0 Å². The first-order chi connectivity index (χ1) is 15.4. The molecule has 8 nitrogen and oxygen atoms in total. The quantitative estimate of drug-likeness (QED) is 0.518. The molecule has 33 heavy (non-hydrogen) atoms. The average molecular weight is 470 g/mol. The zero-order chi connectivity index (χ0) is 24.1. The molecule has 174 valence electrons. The lowest BCUT2D eigenvalue weighted by atomic mass is 9.90. The van der Waals surface area contributed by atoms with Gasteiger partial charge in [0.25, 0.3) is 5.91 Å². The molecule has 1 atom stereocenters. The predicted octanol–water partition coefficient (Wildman–Crippen LogP) is 2.78. The molecule has 1 saturated heterocycles. The van der Waals surface area contributed by atoms with E-state index in [1.165, 1.54) is 10.4 Å². The Morgan fingerprint density at radius 3 is 2.39 bits per heavy atom. The molecule has 0 aliphatic carbocycles. The highest BCUT2D eigenvalue weighted by Crippen LogP contribution is 2.32. The third-order valence-corrected chi connectivity index (χ3v) is 7.57. The number of imide groups is 1. The van der Waals surface area contributed by atoms with Gasteiger partial charge in [-0.3, -0.25) is 18.8 Å². The second-order valence-corrected chi connectivity index (χ2v) is 11.0. The maximum Gasteiger partial charge on any atom is 0.325 e. The number of carbonyl (C=O) groups is 3. The zero-order valence-electron chi connectivity index (χ0n) is 19.1. The molecule has 2 aromatic carbocycles. The van der Waals surface area contributed by atoms with Crippen LogP contribution in [0.3, 0.4) is 0 Å². The van der Waals surface area contributed by atoms with Gasteiger partial charge in [-0.05, 0) is 54.2 Å². The SMILES string of the molecule is CC(C)c1ccc([C@]2(C)NC(=O)N(CC(=O)c3ccc4c(c3)CCN4S(C)(=O)=O)C2=O)cc1. The molecule has 2 aliphatic heterocycles. The Hall–Kier alpha value is -3.20. The molecule has 1 N–H and O–H groups in total. The highest BCUT2D eigenvalue weighted by Gasteiger charge is 2.49. The number of nitrogens with zero attached hydrogens (tertiary/aromatic N) is 2. The summed E-state index contributed by atoms with van der Waals surface area (Å²) in [5.74, 6) is -0.534. The standard InChI is InChI=1S/C24H27N3O5S/c1-15(2)16-5-8-19(9-6-16)24(3)22(29)26(23(30)25-24)14-21(28)18-7-10-20-17(13-18)11-12-27(20)33(4,31)32/h5-10,13,15H,11-12,14H2,1-4H3,(H,25,30)/t24-/m0/s1. The number of carbonyl (C=O) groups excluding carboxylic acids is 3. The van der Waals surface area contributed by atoms with Crippen LogP contribution in [0.1, 0.15) is 53.7 Å². The summed E-state index contributed by atoms with van der Waals surface area (Å²) >= 11 is 0. The summed E-state index contributed by atoms with van der Waals surface area (Å²) < 4.78 is 25.1. The van der Waals surface area contributed by atoms with Crippen molar-refractivity contribution in [3.63, 3.8) is 0 Å². The van der Waals surface area contributed by atoms with Gasteiger partial charge >= 0.3 is 6.03 Å². The van der Waals surface area contributed by atoms with Gasteiger partial charge in [-0.1, -0.05) is 38.1 Å². The van der Waals surface area contributed by atoms with Crippen molar-refractivity contribution in [3.05, 3.63) is 64.7 Å². The first kappa shape index (κ1) is 23.0. The third-order valence-electron chi connectivity index (χ3n) is 6.39. The molecular weight excluding hydrogens is 442 g/mol. The summed E-state index contributed by atoms with van der Waals surface area (Å²) in [6, 6.07) is 11.7. The zero-order valence-corrected chi connectivity index (χ0v) is 19.9. The first-order valence-electron chi connectivity index (χ1n) is 10.8. The molecule has 0 spiro atoms. The summed E-state index contributed by atoms with van der Waals surface area (Å²) in [6.07, 6.45) is 1.64. The summed E-state index contributed by atoms with van der Waals surface area (Å²) in [5.41, 5.74) is 2.16. The van der Waals surface area contributed by atoms with Crippen LogP contribution in [-0.2, 0) is 26.8 Å². The number of nitrogens with one attached hydrogen (secondary N) is 1. The van der Waals surface area contributed by atoms with Gasteiger partial charge in [0.15, 0.2) is 5.78 Å². The predicted molar refractivity (Wildman–Crippen MR) is 125 cm³/mol. The van der Waals surface area contributed by atoms with Crippen LogP contribution >= 0.6 is 0 Å². The highest BCUT2D eigenvalue weighted by molar-refractivity contribution is 7.92. The van der Waals surface area contributed by atoms with Crippen LogP contribution in [0.15, 0.2) is 42.5 Å².